The summed E-state index contributed by atoms with van der Waals surface area (Å²) < 4.78 is 0. The molecule has 48 heavy (non-hydrogen) atoms. The Morgan fingerprint density at radius 2 is 0.812 bits per heavy atom. The molecule has 6 rings (SSSR count). The van der Waals surface area contributed by atoms with Crippen molar-refractivity contribution in [2.24, 2.45) is 0 Å². The van der Waals surface area contributed by atoms with Gasteiger partial charge in [0.25, 0.3) is 0 Å². The van der Waals surface area contributed by atoms with Gasteiger partial charge in [0.15, 0.2) is 0 Å². The summed E-state index contributed by atoms with van der Waals surface area (Å²) in [5, 5.41) is 5.51. The van der Waals surface area contributed by atoms with Gasteiger partial charge in [-0.15, -0.1) is 80.2 Å². The molecule has 0 amide bonds. The molecule has 0 nitrogen and oxygen atoms in total. The summed E-state index contributed by atoms with van der Waals surface area (Å²) in [6.45, 7) is 23.3. The summed E-state index contributed by atoms with van der Waals surface area (Å²) >= 11 is 0. The molecule has 3 heteroatoms. The van der Waals surface area contributed by atoms with Crippen LogP contribution in [-0.4, -0.2) is 0 Å². The molecule has 0 aliphatic rings. The number of hydrogen-bond donors (Lipinski definition) is 0. The molecule has 248 valence electrons. The monoisotopic (exact) mass is 840 g/mol. The maximum Gasteiger partial charge on any atom is 4.00 e. The first-order valence-corrected chi connectivity index (χ1v) is 16.9. The Morgan fingerprint density at radius 3 is 1.10 bits per heavy atom. The summed E-state index contributed by atoms with van der Waals surface area (Å²) in [6, 6.07) is 37.3. The van der Waals surface area contributed by atoms with Crippen LogP contribution in [0.5, 0.6) is 0 Å². The van der Waals surface area contributed by atoms with E-state index in [9.17, 15) is 0 Å². The fourth-order valence-electron chi connectivity index (χ4n) is 7.67. The number of rotatable bonds is 6. The van der Waals surface area contributed by atoms with Gasteiger partial charge in [-0.3, -0.25) is 0 Å². The van der Waals surface area contributed by atoms with E-state index in [0.717, 1.165) is 12.8 Å². The zero-order valence-electron chi connectivity index (χ0n) is 30.4. The number of fused-ring (bicyclic) bond motifs is 2. The van der Waals surface area contributed by atoms with Crippen LogP contribution in [-0.2, 0) is 54.9 Å². The van der Waals surface area contributed by atoms with E-state index in [-0.39, 0.29) is 66.9 Å². The topological polar surface area (TPSA) is 0 Å². The Labute approximate surface area is 321 Å². The van der Waals surface area contributed by atoms with Crippen LogP contribution in [0.2, 0.25) is 0 Å². The van der Waals surface area contributed by atoms with Crippen molar-refractivity contribution in [3.05, 3.63) is 130 Å². The van der Waals surface area contributed by atoms with Crippen molar-refractivity contribution < 1.29 is 50.7 Å². The van der Waals surface area contributed by atoms with Crippen molar-refractivity contribution in [1.29, 1.82) is 0 Å². The predicted octanol–water partition coefficient (Wildman–Crippen LogP) is 6.82. The number of halogens is 2. The van der Waals surface area contributed by atoms with Gasteiger partial charge in [-0.05, 0) is 45.9 Å². The van der Waals surface area contributed by atoms with Gasteiger partial charge >= 0.3 is 25.8 Å². The second kappa shape index (κ2) is 14.8. The third-order valence-corrected chi connectivity index (χ3v) is 10.1. The first-order chi connectivity index (χ1) is 21.3. The molecule has 0 aromatic heterocycles. The van der Waals surface area contributed by atoms with Gasteiger partial charge in [0, 0.05) is 0 Å². The molecule has 0 heterocycles. The van der Waals surface area contributed by atoms with Crippen LogP contribution in [0.4, 0.5) is 0 Å². The Morgan fingerprint density at radius 1 is 0.479 bits per heavy atom. The maximum absolute atomic E-state index is 2.48. The first-order valence-electron chi connectivity index (χ1n) is 16.9. The molecule has 0 unspecified atom stereocenters. The third kappa shape index (κ3) is 7.08. The van der Waals surface area contributed by atoms with E-state index in [0.29, 0.717) is 0 Å². The van der Waals surface area contributed by atoms with Crippen LogP contribution in [0, 0.1) is 0 Å². The largest absolute Gasteiger partial charge is 4.00 e. The average molecular weight is 840 g/mol. The van der Waals surface area contributed by atoms with Gasteiger partial charge in [0.05, 0.1) is 0 Å². The van der Waals surface area contributed by atoms with Crippen LogP contribution in [0.1, 0.15) is 103 Å². The minimum atomic E-state index is -0.205. The van der Waals surface area contributed by atoms with E-state index in [1.807, 2.05) is 0 Å². The smallest absolute Gasteiger partial charge is 1.00 e. The van der Waals surface area contributed by atoms with E-state index >= 15 is 0 Å². The molecule has 0 saturated heterocycles. The molecular weight excluding hydrogens is 790 g/mol. The van der Waals surface area contributed by atoms with Crippen molar-refractivity contribution in [3.8, 4) is 22.3 Å². The first kappa shape index (κ1) is 40.0. The molecule has 6 aromatic carbocycles. The minimum absolute atomic E-state index is 0. The van der Waals surface area contributed by atoms with Gasteiger partial charge in [0.1, 0.15) is 0 Å². The Bertz CT molecular complexity index is 1840. The van der Waals surface area contributed by atoms with Crippen molar-refractivity contribution in [3.63, 3.8) is 0 Å². The summed E-state index contributed by atoms with van der Waals surface area (Å²) in [4.78, 5) is 0. The second-order valence-electron chi connectivity index (χ2n) is 15.6. The number of benzene rings is 4. The Balaban J connectivity index is 0.00000208. The zero-order valence-corrected chi connectivity index (χ0v) is 35.5. The quantitative estimate of drug-likeness (QED) is 0.128. The second-order valence-corrected chi connectivity index (χ2v) is 15.6. The van der Waals surface area contributed by atoms with Gasteiger partial charge in [0.2, 0.25) is 0 Å². The standard InChI is InChI=1S/C45H50.2ClH.Hf/c1-11-29-27-33-15-13-17-37(31-19-23-35(24-20-31)43(3,4)5)39(33)41(29)45(9,10)42-30(12-2)28-34-16-14-18-38(40(34)42)32-21-25-36(26-22-32)44(6,7)8;;;/h13-28H,11-12H2,1-10H3;2*1H;/q-2;;;+4/p-2. The molecule has 0 bridgehead atoms. The molecule has 0 aliphatic carbocycles. The van der Waals surface area contributed by atoms with Crippen LogP contribution in [0.25, 0.3) is 43.8 Å². The molecule has 0 spiro atoms. The number of aryl methyl sites for hydroxylation is 2. The zero-order chi connectivity index (χ0) is 32.3. The molecule has 0 atom stereocenters. The number of hydrogen-bond acceptors (Lipinski definition) is 0. The van der Waals surface area contributed by atoms with E-state index in [1.165, 1.54) is 77.2 Å². The van der Waals surface area contributed by atoms with E-state index < -0.39 is 0 Å². The van der Waals surface area contributed by atoms with Crippen LogP contribution < -0.4 is 24.8 Å². The minimum Gasteiger partial charge on any atom is -1.00 e. The Kier molecular flexibility index (Phi) is 12.3. The van der Waals surface area contributed by atoms with E-state index in [4.69, 9.17) is 0 Å². The molecule has 0 radical (unpaired) electrons. The third-order valence-electron chi connectivity index (χ3n) is 10.1. The molecule has 0 N–H and O–H groups in total. The molecule has 0 aliphatic heterocycles. The van der Waals surface area contributed by atoms with Crippen molar-refractivity contribution in [2.45, 2.75) is 98.3 Å². The molecule has 0 fully saturated rings. The van der Waals surface area contributed by atoms with E-state index in [1.54, 1.807) is 0 Å². The average Bonchev–Trinajstić information content (AvgIpc) is 3.60. The fraction of sp³-hybridized carbons (Fsp3) is 0.333. The van der Waals surface area contributed by atoms with Gasteiger partial charge in [-0.25, -0.2) is 0 Å². The van der Waals surface area contributed by atoms with Gasteiger partial charge < -0.3 is 24.8 Å². The van der Waals surface area contributed by atoms with Crippen LogP contribution >= 0.6 is 0 Å². The fourth-order valence-corrected chi connectivity index (χ4v) is 7.67. The summed E-state index contributed by atoms with van der Waals surface area (Å²) in [6.07, 6.45) is 2.02. The van der Waals surface area contributed by atoms with Crippen LogP contribution in [0.15, 0.2) is 97.1 Å². The molecule has 0 saturated carbocycles. The maximum atomic E-state index is 2.48. The van der Waals surface area contributed by atoms with Crippen molar-refractivity contribution in [1.82, 2.24) is 0 Å². The van der Waals surface area contributed by atoms with Crippen molar-refractivity contribution in [2.75, 3.05) is 0 Å². The summed E-state index contributed by atoms with van der Waals surface area (Å²) in [5.74, 6) is 0. The Hall–Kier alpha value is -2.45. The predicted molar refractivity (Wildman–Crippen MR) is 198 cm³/mol. The summed E-state index contributed by atoms with van der Waals surface area (Å²) in [5.41, 5.74) is 13.9. The summed E-state index contributed by atoms with van der Waals surface area (Å²) in [7, 11) is 0. The van der Waals surface area contributed by atoms with Crippen LogP contribution in [0.3, 0.4) is 0 Å². The van der Waals surface area contributed by atoms with Crippen molar-refractivity contribution >= 4 is 21.5 Å². The van der Waals surface area contributed by atoms with E-state index in [2.05, 4.69) is 166 Å². The van der Waals surface area contributed by atoms with Gasteiger partial charge in [-0.1, -0.05) is 146 Å². The SMILES string of the molecule is CCc1[cH-]c2cccc(-c3ccc(C(C)(C)C)cc3)c2c1C(C)(C)c1c(CC)[cH-]c2cccc(-c3ccc(C(C)(C)C)cc3)c12.[Cl-].[Cl-].[Hf+4]. The molecular formula is C45H50Cl2Hf. The molecule has 6 aromatic rings. The normalized spacial score (nSPS) is 12.0. The van der Waals surface area contributed by atoms with Gasteiger partial charge in [-0.2, -0.15) is 0 Å².